The summed E-state index contributed by atoms with van der Waals surface area (Å²) in [5, 5.41) is 2.47. The number of nitrogen functional groups attached to an aromatic ring is 1. The average molecular weight is 480 g/mol. The van der Waals surface area contributed by atoms with Crippen molar-refractivity contribution in [1.29, 1.82) is 0 Å². The second-order valence-electron chi connectivity index (χ2n) is 7.22. The Hall–Kier alpha value is -3.38. The predicted molar refractivity (Wildman–Crippen MR) is 120 cm³/mol. The molecule has 0 aliphatic rings. The molecule has 0 aliphatic carbocycles. The van der Waals surface area contributed by atoms with Crippen LogP contribution in [0, 0.1) is 5.95 Å². The number of carbonyl (C=O) groups excluding carboxylic acids is 1. The van der Waals surface area contributed by atoms with E-state index in [0.717, 1.165) is 11.4 Å². The number of nitrogens with one attached hydrogen (secondary N) is 1. The van der Waals surface area contributed by atoms with Crippen LogP contribution in [0.4, 0.5) is 28.9 Å². The molecule has 3 aromatic rings. The van der Waals surface area contributed by atoms with Crippen LogP contribution in [0.5, 0.6) is 0 Å². The Morgan fingerprint density at radius 3 is 2.67 bits per heavy atom. The highest BCUT2D eigenvalue weighted by atomic mass is 32.1. The van der Waals surface area contributed by atoms with E-state index in [1.807, 2.05) is 19.0 Å². The summed E-state index contributed by atoms with van der Waals surface area (Å²) in [4.78, 5) is 25.9. The normalized spacial score (nSPS) is 12.0. The topological polar surface area (TPSA) is 96.5 Å². The number of aliphatic imine (C=N–C) groups is 1. The first-order valence-electron chi connectivity index (χ1n) is 9.58. The predicted octanol–water partition coefficient (Wildman–Crippen LogP) is 4.18. The van der Waals surface area contributed by atoms with E-state index in [-0.39, 0.29) is 11.4 Å². The Morgan fingerprint density at radius 1 is 1.30 bits per heavy atom. The summed E-state index contributed by atoms with van der Waals surface area (Å²) in [5.74, 6) is -1.53. The highest BCUT2D eigenvalue weighted by molar-refractivity contribution is 7.10. The maximum absolute atomic E-state index is 13.3. The summed E-state index contributed by atoms with van der Waals surface area (Å²) in [6, 6.07) is 5.69. The van der Waals surface area contributed by atoms with Crippen LogP contribution in [0.15, 0.2) is 40.8 Å². The van der Waals surface area contributed by atoms with Crippen LogP contribution in [-0.2, 0) is 6.18 Å². The van der Waals surface area contributed by atoms with Crippen molar-refractivity contribution in [3.8, 4) is 11.1 Å². The summed E-state index contributed by atoms with van der Waals surface area (Å²) < 4.78 is 51.8. The number of thiazole rings is 1. The van der Waals surface area contributed by atoms with Gasteiger partial charge in [0.15, 0.2) is 5.01 Å². The van der Waals surface area contributed by atoms with Gasteiger partial charge in [-0.3, -0.25) is 9.79 Å². The van der Waals surface area contributed by atoms with Crippen molar-refractivity contribution in [2.24, 2.45) is 4.99 Å². The minimum absolute atomic E-state index is 0.234. The maximum Gasteiger partial charge on any atom is 0.443 e. The van der Waals surface area contributed by atoms with Crippen molar-refractivity contribution >= 4 is 34.8 Å². The molecule has 174 valence electrons. The number of amides is 1. The number of nitrogens with two attached hydrogens (primary N) is 1. The number of anilines is 2. The minimum atomic E-state index is -4.65. The first-order valence-corrected chi connectivity index (χ1v) is 10.5. The Bertz CT molecular complexity index is 1160. The summed E-state index contributed by atoms with van der Waals surface area (Å²) >= 11 is 0.325. The third-order valence-electron chi connectivity index (χ3n) is 4.40. The van der Waals surface area contributed by atoms with Gasteiger partial charge in [0.25, 0.3) is 5.91 Å². The van der Waals surface area contributed by atoms with Gasteiger partial charge < -0.3 is 16.0 Å². The van der Waals surface area contributed by atoms with Crippen LogP contribution < -0.4 is 11.1 Å². The zero-order valence-electron chi connectivity index (χ0n) is 17.7. The van der Waals surface area contributed by atoms with Gasteiger partial charge in [-0.2, -0.15) is 17.6 Å². The van der Waals surface area contributed by atoms with E-state index >= 15 is 0 Å². The van der Waals surface area contributed by atoms with Crippen LogP contribution in [0.25, 0.3) is 11.1 Å². The molecule has 1 amide bonds. The zero-order valence-corrected chi connectivity index (χ0v) is 18.5. The summed E-state index contributed by atoms with van der Waals surface area (Å²) in [5.41, 5.74) is 7.70. The number of nitrogens with zero attached hydrogens (tertiary/aromatic N) is 4. The van der Waals surface area contributed by atoms with Crippen molar-refractivity contribution in [1.82, 2.24) is 14.9 Å². The highest BCUT2D eigenvalue weighted by Crippen LogP contribution is 2.34. The number of halogens is 4. The standard InChI is InChI=1S/C21H20F4N6OS/c1-31(2)6-5-27-9-13-7-16(14(8-15(13)26)12-3-4-18(22)28-10-12)29-19(32)17-11-33-20(30-17)21(23,24)25/h3-4,7-11H,5-6,26H2,1-2H3,(H,29,32). The first-order chi connectivity index (χ1) is 15.5. The molecular weight excluding hydrogens is 460 g/mol. The smallest absolute Gasteiger partial charge is 0.398 e. The van der Waals surface area contributed by atoms with E-state index in [2.05, 4.69) is 20.3 Å². The molecule has 0 radical (unpaired) electrons. The largest absolute Gasteiger partial charge is 0.443 e. The third kappa shape index (κ3) is 6.33. The van der Waals surface area contributed by atoms with E-state index < -0.39 is 23.0 Å². The average Bonchev–Trinajstić information content (AvgIpc) is 3.24. The number of carbonyl (C=O) groups is 1. The van der Waals surface area contributed by atoms with Gasteiger partial charge in [-0.15, -0.1) is 11.3 Å². The highest BCUT2D eigenvalue weighted by Gasteiger charge is 2.35. The summed E-state index contributed by atoms with van der Waals surface area (Å²) in [7, 11) is 3.82. The van der Waals surface area contributed by atoms with Gasteiger partial charge in [0.1, 0.15) is 5.69 Å². The number of likely N-dealkylation sites (N-methyl/N-ethyl adjacent to an activating group) is 1. The van der Waals surface area contributed by atoms with Crippen molar-refractivity contribution < 1.29 is 22.4 Å². The lowest BCUT2D eigenvalue weighted by Gasteiger charge is -2.14. The van der Waals surface area contributed by atoms with Crippen molar-refractivity contribution in [2.45, 2.75) is 6.18 Å². The maximum atomic E-state index is 13.3. The summed E-state index contributed by atoms with van der Waals surface area (Å²) in [6.45, 7) is 1.22. The lowest BCUT2D eigenvalue weighted by Crippen LogP contribution is -2.16. The molecule has 2 aromatic heterocycles. The Labute approximate surface area is 191 Å². The third-order valence-corrected chi connectivity index (χ3v) is 5.28. The minimum Gasteiger partial charge on any atom is -0.398 e. The van der Waals surface area contributed by atoms with Gasteiger partial charge in [0.2, 0.25) is 5.95 Å². The molecule has 0 unspecified atom stereocenters. The molecule has 0 fully saturated rings. The van der Waals surface area contributed by atoms with Gasteiger partial charge in [0, 0.05) is 52.4 Å². The van der Waals surface area contributed by atoms with E-state index in [0.29, 0.717) is 46.8 Å². The number of hydrogen-bond acceptors (Lipinski definition) is 7. The van der Waals surface area contributed by atoms with Crippen LogP contribution in [0.3, 0.4) is 0 Å². The lowest BCUT2D eigenvalue weighted by molar-refractivity contribution is -0.137. The second-order valence-corrected chi connectivity index (χ2v) is 8.08. The second kappa shape index (κ2) is 10.0. The molecule has 3 rings (SSSR count). The number of aromatic nitrogens is 2. The number of benzene rings is 1. The number of alkyl halides is 3. The molecule has 0 saturated heterocycles. The molecule has 0 saturated carbocycles. The zero-order chi connectivity index (χ0) is 24.2. The molecule has 0 aliphatic heterocycles. The Kier molecular flexibility index (Phi) is 7.39. The monoisotopic (exact) mass is 480 g/mol. The quantitative estimate of drug-likeness (QED) is 0.229. The van der Waals surface area contributed by atoms with Gasteiger partial charge >= 0.3 is 6.18 Å². The number of hydrogen-bond donors (Lipinski definition) is 2. The molecule has 12 heteroatoms. The van der Waals surface area contributed by atoms with E-state index in [1.165, 1.54) is 12.3 Å². The number of rotatable bonds is 7. The Morgan fingerprint density at radius 2 is 2.06 bits per heavy atom. The van der Waals surface area contributed by atoms with Crippen molar-refractivity contribution in [3.63, 3.8) is 0 Å². The Balaban J connectivity index is 1.96. The first kappa shape index (κ1) is 24.3. The fourth-order valence-electron chi connectivity index (χ4n) is 2.74. The van der Waals surface area contributed by atoms with Crippen LogP contribution >= 0.6 is 11.3 Å². The SMILES string of the molecule is CN(C)CCN=Cc1cc(NC(=O)c2csc(C(F)(F)F)n2)c(-c2ccc(F)nc2)cc1N. The molecule has 0 spiro atoms. The van der Waals surface area contributed by atoms with Gasteiger partial charge in [-0.25, -0.2) is 9.97 Å². The molecule has 33 heavy (non-hydrogen) atoms. The summed E-state index contributed by atoms with van der Waals surface area (Å²) in [6.07, 6.45) is -1.84. The van der Waals surface area contributed by atoms with Crippen LogP contribution in [0.2, 0.25) is 0 Å². The molecule has 0 atom stereocenters. The molecule has 1 aromatic carbocycles. The molecule has 3 N–H and O–H groups in total. The van der Waals surface area contributed by atoms with Crippen molar-refractivity contribution in [2.75, 3.05) is 38.2 Å². The molecule has 7 nitrogen and oxygen atoms in total. The van der Waals surface area contributed by atoms with E-state index in [9.17, 15) is 22.4 Å². The fourth-order valence-corrected chi connectivity index (χ4v) is 3.41. The van der Waals surface area contributed by atoms with Crippen LogP contribution in [0.1, 0.15) is 21.1 Å². The number of pyridine rings is 1. The van der Waals surface area contributed by atoms with Crippen molar-refractivity contribution in [3.05, 3.63) is 58.1 Å². The van der Waals surface area contributed by atoms with Gasteiger partial charge in [-0.05, 0) is 38.4 Å². The molecular formula is C21H20F4N6OS. The van der Waals surface area contributed by atoms with E-state index in [1.54, 1.807) is 18.3 Å². The fraction of sp³-hybridized carbons (Fsp3) is 0.238. The molecule has 2 heterocycles. The van der Waals surface area contributed by atoms with E-state index in [4.69, 9.17) is 5.73 Å². The van der Waals surface area contributed by atoms with Gasteiger partial charge in [-0.1, -0.05) is 0 Å². The van der Waals surface area contributed by atoms with Gasteiger partial charge in [0.05, 0.1) is 6.54 Å². The molecule has 0 bridgehead atoms. The van der Waals surface area contributed by atoms with Crippen LogP contribution in [-0.4, -0.2) is 54.2 Å². The lowest BCUT2D eigenvalue weighted by atomic mass is 10.0.